The maximum absolute atomic E-state index is 13.2. The summed E-state index contributed by atoms with van der Waals surface area (Å²) in [5.74, 6) is 0.0198. The van der Waals surface area contributed by atoms with Gasteiger partial charge in [-0.25, -0.2) is 4.68 Å². The summed E-state index contributed by atoms with van der Waals surface area (Å²) in [4.78, 5) is 25.2. The summed E-state index contributed by atoms with van der Waals surface area (Å²) in [7, 11) is 0. The van der Waals surface area contributed by atoms with Crippen molar-refractivity contribution in [1.29, 1.82) is 0 Å². The molecule has 0 saturated carbocycles. The number of aromatic nitrogens is 2. The molecule has 2 heterocycles. The number of nitrogens with zero attached hydrogens (tertiary/aromatic N) is 2. The first kappa shape index (κ1) is 19.6. The second kappa shape index (κ2) is 8.03. The average molecular weight is 424 g/mol. The first-order chi connectivity index (χ1) is 15.6. The summed E-state index contributed by atoms with van der Waals surface area (Å²) < 4.78 is 7.21. The van der Waals surface area contributed by atoms with Crippen molar-refractivity contribution < 1.29 is 14.3 Å². The van der Waals surface area contributed by atoms with Crippen molar-refractivity contribution >= 4 is 23.2 Å². The van der Waals surface area contributed by atoms with Crippen molar-refractivity contribution in [3.8, 4) is 22.7 Å². The summed E-state index contributed by atoms with van der Waals surface area (Å²) in [6.07, 6.45) is -0.556. The monoisotopic (exact) mass is 424 g/mol. The van der Waals surface area contributed by atoms with Crippen LogP contribution in [-0.4, -0.2) is 27.7 Å². The van der Waals surface area contributed by atoms with Gasteiger partial charge in [-0.2, -0.15) is 5.10 Å². The minimum atomic E-state index is -0.556. The van der Waals surface area contributed by atoms with E-state index in [-0.39, 0.29) is 11.8 Å². The van der Waals surface area contributed by atoms with Crippen molar-refractivity contribution in [3.05, 3.63) is 90.6 Å². The van der Waals surface area contributed by atoms with Gasteiger partial charge in [0.25, 0.3) is 11.8 Å². The van der Waals surface area contributed by atoms with Crippen LogP contribution in [0.3, 0.4) is 0 Å². The molecule has 3 aromatic carbocycles. The Morgan fingerprint density at radius 2 is 1.72 bits per heavy atom. The highest BCUT2D eigenvalue weighted by Gasteiger charge is 2.24. The van der Waals surface area contributed by atoms with E-state index in [1.165, 1.54) is 0 Å². The highest BCUT2D eigenvalue weighted by Crippen LogP contribution is 2.32. The van der Waals surface area contributed by atoms with Gasteiger partial charge in [-0.3, -0.25) is 9.59 Å². The fourth-order valence-electron chi connectivity index (χ4n) is 3.54. The van der Waals surface area contributed by atoms with Gasteiger partial charge < -0.3 is 15.4 Å². The van der Waals surface area contributed by atoms with Crippen LogP contribution < -0.4 is 15.4 Å². The van der Waals surface area contributed by atoms with Gasteiger partial charge in [-0.15, -0.1) is 0 Å². The Hall–Kier alpha value is -4.39. The summed E-state index contributed by atoms with van der Waals surface area (Å²) >= 11 is 0. The van der Waals surface area contributed by atoms with Crippen molar-refractivity contribution in [1.82, 2.24) is 9.78 Å². The lowest BCUT2D eigenvalue weighted by molar-refractivity contribution is -0.122. The molecule has 1 aliphatic heterocycles. The van der Waals surface area contributed by atoms with Gasteiger partial charge in [-0.05, 0) is 43.3 Å². The predicted octanol–water partition coefficient (Wildman–Crippen LogP) is 4.51. The van der Waals surface area contributed by atoms with E-state index in [9.17, 15) is 9.59 Å². The Kier molecular flexibility index (Phi) is 4.91. The third-order valence-corrected chi connectivity index (χ3v) is 5.18. The molecule has 2 amide bonds. The lowest BCUT2D eigenvalue weighted by atomic mass is 10.1. The Labute approximate surface area is 184 Å². The molecule has 5 rings (SSSR count). The predicted molar refractivity (Wildman–Crippen MR) is 122 cm³/mol. The molecule has 0 spiro atoms. The Morgan fingerprint density at radius 3 is 2.47 bits per heavy atom. The van der Waals surface area contributed by atoms with Crippen molar-refractivity contribution in [2.24, 2.45) is 0 Å². The van der Waals surface area contributed by atoms with Crippen LogP contribution in [0.25, 0.3) is 16.9 Å². The summed E-state index contributed by atoms with van der Waals surface area (Å²) in [6, 6.07) is 26.1. The van der Waals surface area contributed by atoms with Crippen LogP contribution >= 0.6 is 0 Å². The fourth-order valence-corrected chi connectivity index (χ4v) is 3.54. The van der Waals surface area contributed by atoms with E-state index in [0.717, 1.165) is 11.3 Å². The molecule has 0 unspecified atom stereocenters. The summed E-state index contributed by atoms with van der Waals surface area (Å²) in [6.45, 7) is 1.68. The molecule has 1 atom stereocenters. The molecule has 1 aromatic heterocycles. The average Bonchev–Trinajstić information content (AvgIpc) is 3.27. The van der Waals surface area contributed by atoms with Gasteiger partial charge in [0, 0.05) is 11.3 Å². The van der Waals surface area contributed by atoms with E-state index in [2.05, 4.69) is 15.7 Å². The SMILES string of the molecule is C[C@@H]1Oc2ccc(NC(=O)c3cc(-c4ccccc4)nn3-c3ccccc3)cc2NC1=O. The Morgan fingerprint density at radius 1 is 1.00 bits per heavy atom. The number of hydrogen-bond acceptors (Lipinski definition) is 4. The summed E-state index contributed by atoms with van der Waals surface area (Å²) in [5.41, 5.74) is 3.84. The number of anilines is 2. The van der Waals surface area contributed by atoms with Crippen LogP contribution in [0.1, 0.15) is 17.4 Å². The van der Waals surface area contributed by atoms with Crippen molar-refractivity contribution in [2.75, 3.05) is 10.6 Å². The zero-order valence-electron chi connectivity index (χ0n) is 17.3. The molecule has 2 N–H and O–H groups in total. The molecule has 0 bridgehead atoms. The standard InChI is InChI=1S/C25H20N4O3/c1-16-24(30)27-21-14-18(12-13-23(21)32-16)26-25(31)22-15-20(17-8-4-2-5-9-17)28-29(22)19-10-6-3-7-11-19/h2-16H,1H3,(H,26,31)(H,27,30)/t16-/m0/s1. The van der Waals surface area contributed by atoms with Crippen LogP contribution in [0.5, 0.6) is 5.75 Å². The van der Waals surface area contributed by atoms with E-state index in [1.807, 2.05) is 60.7 Å². The molecule has 0 aliphatic carbocycles. The number of benzene rings is 3. The second-order valence-electron chi connectivity index (χ2n) is 7.44. The maximum atomic E-state index is 13.2. The first-order valence-corrected chi connectivity index (χ1v) is 10.2. The van der Waals surface area contributed by atoms with Crippen LogP contribution in [0.15, 0.2) is 84.9 Å². The lowest BCUT2D eigenvalue weighted by Gasteiger charge is -2.23. The van der Waals surface area contributed by atoms with Crippen LogP contribution in [0.4, 0.5) is 11.4 Å². The molecule has 7 heteroatoms. The largest absolute Gasteiger partial charge is 0.479 e. The molecule has 4 aromatic rings. The molecule has 0 saturated heterocycles. The number of hydrogen-bond donors (Lipinski definition) is 2. The van der Waals surface area contributed by atoms with E-state index < -0.39 is 6.10 Å². The highest BCUT2D eigenvalue weighted by atomic mass is 16.5. The first-order valence-electron chi connectivity index (χ1n) is 10.2. The lowest BCUT2D eigenvalue weighted by Crippen LogP contribution is -2.34. The van der Waals surface area contributed by atoms with Crippen molar-refractivity contribution in [2.45, 2.75) is 13.0 Å². The minimum absolute atomic E-state index is 0.226. The second-order valence-corrected chi connectivity index (χ2v) is 7.44. The summed E-state index contributed by atoms with van der Waals surface area (Å²) in [5, 5.41) is 10.4. The van der Waals surface area contributed by atoms with Crippen LogP contribution in [0.2, 0.25) is 0 Å². The molecule has 32 heavy (non-hydrogen) atoms. The van der Waals surface area contributed by atoms with Gasteiger partial charge in [-0.1, -0.05) is 48.5 Å². The number of ether oxygens (including phenoxy) is 1. The Bertz CT molecular complexity index is 1300. The van der Waals surface area contributed by atoms with Gasteiger partial charge in [0.1, 0.15) is 11.4 Å². The number of carbonyl (C=O) groups is 2. The number of nitrogens with one attached hydrogen (secondary N) is 2. The van der Waals surface area contributed by atoms with Gasteiger partial charge in [0.2, 0.25) is 0 Å². The van der Waals surface area contributed by atoms with E-state index in [0.29, 0.717) is 28.5 Å². The molecule has 7 nitrogen and oxygen atoms in total. The highest BCUT2D eigenvalue weighted by molar-refractivity contribution is 6.05. The van der Waals surface area contributed by atoms with Crippen molar-refractivity contribution in [3.63, 3.8) is 0 Å². The molecule has 158 valence electrons. The molecule has 0 fully saturated rings. The third-order valence-electron chi connectivity index (χ3n) is 5.18. The quantitative estimate of drug-likeness (QED) is 0.505. The molecule has 1 aliphatic rings. The van der Waals surface area contributed by atoms with E-state index in [4.69, 9.17) is 4.74 Å². The Balaban J connectivity index is 1.49. The third kappa shape index (κ3) is 3.72. The number of amides is 2. The number of fused-ring (bicyclic) bond motifs is 1. The van der Waals surface area contributed by atoms with E-state index >= 15 is 0 Å². The topological polar surface area (TPSA) is 85.2 Å². The molecular weight excluding hydrogens is 404 g/mol. The fraction of sp³-hybridized carbons (Fsp3) is 0.0800. The molecule has 0 radical (unpaired) electrons. The number of para-hydroxylation sites is 1. The van der Waals surface area contributed by atoms with Gasteiger partial charge in [0.15, 0.2) is 6.10 Å². The minimum Gasteiger partial charge on any atom is -0.479 e. The normalized spacial score (nSPS) is 14.8. The van der Waals surface area contributed by atoms with Gasteiger partial charge in [0.05, 0.1) is 17.1 Å². The van der Waals surface area contributed by atoms with Crippen LogP contribution in [-0.2, 0) is 4.79 Å². The van der Waals surface area contributed by atoms with E-state index in [1.54, 1.807) is 35.9 Å². The zero-order chi connectivity index (χ0) is 22.1. The zero-order valence-corrected chi connectivity index (χ0v) is 17.3. The smallest absolute Gasteiger partial charge is 0.274 e. The van der Waals surface area contributed by atoms with Gasteiger partial charge >= 0.3 is 0 Å². The number of carbonyl (C=O) groups excluding carboxylic acids is 2. The molecular formula is C25H20N4O3. The van der Waals surface area contributed by atoms with Crippen LogP contribution in [0, 0.1) is 0 Å². The number of rotatable bonds is 4. The maximum Gasteiger partial charge on any atom is 0.274 e.